The van der Waals surface area contributed by atoms with Gasteiger partial charge in [-0.15, -0.1) is 24.0 Å². The molecule has 0 aliphatic heterocycles. The molecular weight excluding hydrogens is 422 g/mol. The molecule has 1 atom stereocenters. The first-order valence-electron chi connectivity index (χ1n) is 7.24. The van der Waals surface area contributed by atoms with Crippen LogP contribution < -0.4 is 5.32 Å². The molecule has 2 rings (SSSR count). The molecule has 0 aliphatic rings. The van der Waals surface area contributed by atoms with E-state index in [1.807, 2.05) is 36.6 Å². The van der Waals surface area contributed by atoms with Crippen LogP contribution in [0.2, 0.25) is 0 Å². The van der Waals surface area contributed by atoms with Gasteiger partial charge in [-0.2, -0.15) is 0 Å². The molecule has 0 heterocycles. The molecule has 0 saturated carbocycles. The predicted molar refractivity (Wildman–Crippen MR) is 109 cm³/mol. The van der Waals surface area contributed by atoms with Crippen molar-refractivity contribution in [3.8, 4) is 0 Å². The van der Waals surface area contributed by atoms with Crippen molar-refractivity contribution in [3.05, 3.63) is 71.5 Å². The van der Waals surface area contributed by atoms with Gasteiger partial charge < -0.3 is 5.32 Å². The third kappa shape index (κ3) is 5.21. The molecule has 0 saturated heterocycles. The fourth-order valence-electron chi connectivity index (χ4n) is 2.58. The van der Waals surface area contributed by atoms with Crippen molar-refractivity contribution in [1.82, 2.24) is 5.32 Å². The van der Waals surface area contributed by atoms with Crippen molar-refractivity contribution in [2.45, 2.75) is 18.8 Å². The first-order valence-corrected chi connectivity index (χ1v) is 8.47. The Balaban J connectivity index is 0.00000264. The number of thioether (sulfide) groups is 1. The third-order valence-electron chi connectivity index (χ3n) is 4.01. The first kappa shape index (κ1) is 20.0. The van der Waals surface area contributed by atoms with Crippen LogP contribution in [0.5, 0.6) is 0 Å². The highest BCUT2D eigenvalue weighted by molar-refractivity contribution is 14.0. The maximum Gasteiger partial charge on any atom is 0.153 e. The lowest BCUT2D eigenvalue weighted by atomic mass is 9.74. The molecule has 0 aromatic heterocycles. The van der Waals surface area contributed by atoms with E-state index in [2.05, 4.69) is 24.4 Å². The molecule has 23 heavy (non-hydrogen) atoms. The average Bonchev–Trinajstić information content (AvgIpc) is 2.56. The number of amidine groups is 1. The zero-order valence-electron chi connectivity index (χ0n) is 13.3. The molecule has 0 bridgehead atoms. The number of benzene rings is 2. The molecule has 0 fully saturated rings. The summed E-state index contributed by atoms with van der Waals surface area (Å²) in [5.41, 5.74) is 2.05. The highest BCUT2D eigenvalue weighted by Gasteiger charge is 2.28. The molecule has 2 aromatic carbocycles. The SMILES string of the molecule is CSC(=N)NCCC(C)(c1ccccc1)c1ccc(F)cc1.I. The summed E-state index contributed by atoms with van der Waals surface area (Å²) in [6.45, 7) is 2.86. The van der Waals surface area contributed by atoms with E-state index in [1.165, 1.54) is 29.5 Å². The van der Waals surface area contributed by atoms with E-state index in [-0.39, 0.29) is 35.2 Å². The van der Waals surface area contributed by atoms with Gasteiger partial charge in [-0.1, -0.05) is 61.2 Å². The number of rotatable bonds is 5. The van der Waals surface area contributed by atoms with Crippen LogP contribution in [-0.2, 0) is 5.41 Å². The zero-order valence-corrected chi connectivity index (χ0v) is 16.5. The summed E-state index contributed by atoms with van der Waals surface area (Å²) in [6, 6.07) is 17.0. The largest absolute Gasteiger partial charge is 0.365 e. The van der Waals surface area contributed by atoms with E-state index in [1.54, 1.807) is 0 Å². The Morgan fingerprint density at radius 1 is 1.09 bits per heavy atom. The standard InChI is InChI=1S/C18H21FN2S.HI/c1-18(12-13-21-17(20)22-2,14-6-4-3-5-7-14)15-8-10-16(19)11-9-15;/h3-11H,12-13H2,1-2H3,(H2,20,21);1H. The Morgan fingerprint density at radius 2 is 1.65 bits per heavy atom. The Morgan fingerprint density at radius 3 is 2.22 bits per heavy atom. The summed E-state index contributed by atoms with van der Waals surface area (Å²) in [4.78, 5) is 0. The summed E-state index contributed by atoms with van der Waals surface area (Å²) in [5, 5.41) is 11.3. The summed E-state index contributed by atoms with van der Waals surface area (Å²) in [6.07, 6.45) is 2.71. The van der Waals surface area contributed by atoms with Crippen LogP contribution in [0.4, 0.5) is 4.39 Å². The maximum atomic E-state index is 13.2. The maximum absolute atomic E-state index is 13.2. The second-order valence-corrected chi connectivity index (χ2v) is 6.23. The molecule has 124 valence electrons. The second kappa shape index (κ2) is 9.27. The first-order chi connectivity index (χ1) is 10.6. The van der Waals surface area contributed by atoms with E-state index in [0.29, 0.717) is 11.7 Å². The molecule has 1 unspecified atom stereocenters. The normalized spacial score (nSPS) is 12.8. The van der Waals surface area contributed by atoms with Crippen LogP contribution in [0.25, 0.3) is 0 Å². The van der Waals surface area contributed by atoms with E-state index in [9.17, 15) is 4.39 Å². The van der Waals surface area contributed by atoms with Crippen molar-refractivity contribution < 1.29 is 4.39 Å². The van der Waals surface area contributed by atoms with Gasteiger partial charge in [0, 0.05) is 12.0 Å². The van der Waals surface area contributed by atoms with Crippen LogP contribution in [0.1, 0.15) is 24.5 Å². The van der Waals surface area contributed by atoms with Gasteiger partial charge in [-0.05, 0) is 35.9 Å². The van der Waals surface area contributed by atoms with Gasteiger partial charge in [0.25, 0.3) is 0 Å². The smallest absolute Gasteiger partial charge is 0.153 e. The molecule has 2 aromatic rings. The minimum atomic E-state index is -0.222. The third-order valence-corrected chi connectivity index (χ3v) is 4.56. The van der Waals surface area contributed by atoms with Gasteiger partial charge in [-0.25, -0.2) is 4.39 Å². The Kier molecular flexibility index (Phi) is 8.05. The lowest BCUT2D eigenvalue weighted by molar-refractivity contribution is 0.514. The fraction of sp³-hybridized carbons (Fsp3) is 0.278. The van der Waals surface area contributed by atoms with Crippen molar-refractivity contribution >= 4 is 40.9 Å². The second-order valence-electron chi connectivity index (χ2n) is 5.42. The molecule has 5 heteroatoms. The molecule has 0 radical (unpaired) electrons. The summed E-state index contributed by atoms with van der Waals surface area (Å²) >= 11 is 1.39. The zero-order chi connectivity index (χ0) is 16.0. The minimum absolute atomic E-state index is 0. The van der Waals surface area contributed by atoms with E-state index in [4.69, 9.17) is 5.41 Å². The summed E-state index contributed by atoms with van der Waals surface area (Å²) in [5.74, 6) is -0.221. The molecule has 0 spiro atoms. The number of halogens is 2. The van der Waals surface area contributed by atoms with Gasteiger partial charge >= 0.3 is 0 Å². The van der Waals surface area contributed by atoms with Crippen molar-refractivity contribution in [2.75, 3.05) is 12.8 Å². The number of hydrogen-bond donors (Lipinski definition) is 2. The van der Waals surface area contributed by atoms with Gasteiger partial charge in [0.1, 0.15) is 5.82 Å². The highest BCUT2D eigenvalue weighted by Crippen LogP contribution is 2.35. The Labute approximate surface area is 158 Å². The van der Waals surface area contributed by atoms with Crippen LogP contribution in [0.15, 0.2) is 54.6 Å². The van der Waals surface area contributed by atoms with Crippen molar-refractivity contribution in [1.29, 1.82) is 5.41 Å². The highest BCUT2D eigenvalue weighted by atomic mass is 127. The lowest BCUT2D eigenvalue weighted by Crippen LogP contribution is -2.31. The average molecular weight is 444 g/mol. The predicted octanol–water partition coefficient (Wildman–Crippen LogP) is 5.03. The van der Waals surface area contributed by atoms with Crippen LogP contribution in [0.3, 0.4) is 0 Å². The quantitative estimate of drug-likeness (QED) is 0.386. The Hall–Kier alpha value is -1.08. The summed E-state index contributed by atoms with van der Waals surface area (Å²) < 4.78 is 13.2. The van der Waals surface area contributed by atoms with Gasteiger partial charge in [0.15, 0.2) is 5.17 Å². The van der Waals surface area contributed by atoms with Gasteiger partial charge in [-0.3, -0.25) is 5.41 Å². The number of nitrogens with one attached hydrogen (secondary N) is 2. The molecule has 0 aliphatic carbocycles. The van der Waals surface area contributed by atoms with E-state index >= 15 is 0 Å². The lowest BCUT2D eigenvalue weighted by Gasteiger charge is -2.31. The fourth-order valence-corrected chi connectivity index (χ4v) is 2.82. The monoisotopic (exact) mass is 444 g/mol. The van der Waals surface area contributed by atoms with Gasteiger partial charge in [0.2, 0.25) is 0 Å². The molecule has 0 amide bonds. The van der Waals surface area contributed by atoms with E-state index < -0.39 is 0 Å². The Bertz CT molecular complexity index is 619. The van der Waals surface area contributed by atoms with Crippen LogP contribution in [0, 0.1) is 11.2 Å². The molecular formula is C18H22FIN2S. The van der Waals surface area contributed by atoms with Crippen molar-refractivity contribution in [2.24, 2.45) is 0 Å². The van der Waals surface area contributed by atoms with Crippen LogP contribution in [-0.4, -0.2) is 18.0 Å². The topological polar surface area (TPSA) is 35.9 Å². The minimum Gasteiger partial charge on any atom is -0.365 e. The number of hydrogen-bond acceptors (Lipinski definition) is 2. The van der Waals surface area contributed by atoms with Crippen LogP contribution >= 0.6 is 35.7 Å². The van der Waals surface area contributed by atoms with Crippen molar-refractivity contribution in [3.63, 3.8) is 0 Å². The summed E-state index contributed by atoms with van der Waals surface area (Å²) in [7, 11) is 0. The molecule has 2 nitrogen and oxygen atoms in total. The molecule has 2 N–H and O–H groups in total. The van der Waals surface area contributed by atoms with E-state index in [0.717, 1.165) is 12.0 Å². The van der Waals surface area contributed by atoms with Gasteiger partial charge in [0.05, 0.1) is 0 Å².